The lowest BCUT2D eigenvalue weighted by atomic mass is 9.95. The number of rotatable bonds is 7. The highest BCUT2D eigenvalue weighted by Gasteiger charge is 2.45. The van der Waals surface area contributed by atoms with Crippen molar-refractivity contribution in [3.05, 3.63) is 70.4 Å². The average molecular weight is 568 g/mol. The maximum Gasteiger partial charge on any atom is 0.340 e. The van der Waals surface area contributed by atoms with Crippen molar-refractivity contribution in [2.45, 2.75) is 48.8 Å². The van der Waals surface area contributed by atoms with Gasteiger partial charge in [-0.2, -0.15) is 13.5 Å². The first-order chi connectivity index (χ1) is 17.8. The predicted molar refractivity (Wildman–Crippen MR) is 131 cm³/mol. The topological polar surface area (TPSA) is 134 Å². The maximum absolute atomic E-state index is 13.7. The van der Waals surface area contributed by atoms with Crippen molar-refractivity contribution < 1.29 is 39.4 Å². The first kappa shape index (κ1) is 27.4. The summed E-state index contributed by atoms with van der Waals surface area (Å²) < 4.78 is 86.4. The van der Waals surface area contributed by atoms with Gasteiger partial charge in [0, 0.05) is 18.5 Å². The van der Waals surface area contributed by atoms with Crippen LogP contribution < -0.4 is 4.18 Å². The molecule has 202 valence electrons. The van der Waals surface area contributed by atoms with Crippen LogP contribution in [0.5, 0.6) is 5.88 Å². The highest BCUT2D eigenvalue weighted by atomic mass is 32.2. The van der Waals surface area contributed by atoms with E-state index < -0.39 is 59.0 Å². The molecule has 0 saturated heterocycles. The molecule has 1 atom stereocenters. The molecule has 0 bridgehead atoms. The van der Waals surface area contributed by atoms with Crippen molar-refractivity contribution in [3.8, 4) is 5.88 Å². The van der Waals surface area contributed by atoms with Crippen molar-refractivity contribution in [1.29, 1.82) is 0 Å². The average Bonchev–Trinajstić information content (AvgIpc) is 3.25. The molecule has 14 heteroatoms. The van der Waals surface area contributed by atoms with Crippen LogP contribution in [0.3, 0.4) is 0 Å². The van der Waals surface area contributed by atoms with Gasteiger partial charge in [0.2, 0.25) is 5.88 Å². The van der Waals surface area contributed by atoms with Gasteiger partial charge in [-0.1, -0.05) is 17.3 Å². The fraction of sp³-hybridized carbons (Fsp3) is 0.292. The monoisotopic (exact) mass is 567 g/mol. The van der Waals surface area contributed by atoms with Gasteiger partial charge in [0.1, 0.15) is 22.8 Å². The van der Waals surface area contributed by atoms with Crippen LogP contribution in [0.1, 0.15) is 40.4 Å². The molecule has 0 radical (unpaired) electrons. The van der Waals surface area contributed by atoms with E-state index in [1.165, 1.54) is 7.11 Å². The summed E-state index contributed by atoms with van der Waals surface area (Å²) in [5.41, 5.74) is 1.18. The third-order valence-corrected chi connectivity index (χ3v) is 9.54. The minimum atomic E-state index is -4.76. The quantitative estimate of drug-likeness (QED) is 0.241. The summed E-state index contributed by atoms with van der Waals surface area (Å²) in [5, 5.41) is 6.24. The zero-order valence-electron chi connectivity index (χ0n) is 20.7. The van der Waals surface area contributed by atoms with E-state index in [0.29, 0.717) is 28.8 Å². The Morgan fingerprint density at radius 3 is 2.47 bits per heavy atom. The second-order valence-electron chi connectivity index (χ2n) is 8.52. The van der Waals surface area contributed by atoms with Crippen molar-refractivity contribution in [2.75, 3.05) is 7.11 Å². The van der Waals surface area contributed by atoms with Gasteiger partial charge in [0.15, 0.2) is 27.3 Å². The summed E-state index contributed by atoms with van der Waals surface area (Å²) in [5.74, 6) is -4.22. The van der Waals surface area contributed by atoms with Crippen LogP contribution in [0.25, 0.3) is 0 Å². The molecule has 2 heterocycles. The second-order valence-corrected chi connectivity index (χ2v) is 12.1. The first-order valence-corrected chi connectivity index (χ1v) is 14.2. The largest absolute Gasteiger partial charge is 0.399 e. The molecule has 1 unspecified atom stereocenters. The minimum absolute atomic E-state index is 0.0465. The van der Waals surface area contributed by atoms with E-state index in [-0.39, 0.29) is 23.6 Å². The molecular weight excluding hydrogens is 544 g/mol. The zero-order valence-corrected chi connectivity index (χ0v) is 22.4. The lowest BCUT2D eigenvalue weighted by Gasteiger charge is -2.27. The van der Waals surface area contributed by atoms with E-state index in [4.69, 9.17) is 9.02 Å². The molecular formula is C24H23F2N3O7S2. The van der Waals surface area contributed by atoms with Gasteiger partial charge in [-0.25, -0.2) is 21.9 Å². The van der Waals surface area contributed by atoms with E-state index in [0.717, 1.165) is 16.9 Å². The predicted octanol–water partition coefficient (Wildman–Crippen LogP) is 3.35. The number of fused-ring (bicyclic) bond motifs is 1. The van der Waals surface area contributed by atoms with E-state index in [2.05, 4.69) is 10.3 Å². The molecule has 1 aromatic heterocycles. The fourth-order valence-electron chi connectivity index (χ4n) is 4.28. The molecule has 3 aromatic rings. The third kappa shape index (κ3) is 4.58. The van der Waals surface area contributed by atoms with Gasteiger partial charge in [-0.3, -0.25) is 4.79 Å². The lowest BCUT2D eigenvalue weighted by Crippen LogP contribution is -2.39. The number of carbonyl (C=O) groups is 1. The Labute approximate surface area is 217 Å². The van der Waals surface area contributed by atoms with Crippen LogP contribution in [-0.4, -0.2) is 50.5 Å². The van der Waals surface area contributed by atoms with Gasteiger partial charge in [-0.05, 0) is 50.1 Å². The SMILES string of the molecule is CCn1ncc(C(=O)C2C/C(=N\OC)c3c(C)ccc(C)c3S2(=O)=O)c1OS(=O)(=O)c1ccc(F)c(F)c1. The highest BCUT2D eigenvalue weighted by molar-refractivity contribution is 7.93. The second kappa shape index (κ2) is 9.91. The summed E-state index contributed by atoms with van der Waals surface area (Å²) in [6, 6.07) is 5.18. The van der Waals surface area contributed by atoms with Crippen LogP contribution in [-0.2, 0) is 31.3 Å². The van der Waals surface area contributed by atoms with Gasteiger partial charge >= 0.3 is 10.1 Å². The van der Waals surface area contributed by atoms with Gasteiger partial charge < -0.3 is 9.02 Å². The Morgan fingerprint density at radius 2 is 1.84 bits per heavy atom. The number of halogens is 2. The molecule has 0 amide bonds. The van der Waals surface area contributed by atoms with E-state index in [1.807, 2.05) is 0 Å². The first-order valence-electron chi connectivity index (χ1n) is 11.3. The van der Waals surface area contributed by atoms with Crippen LogP contribution in [0.15, 0.2) is 51.5 Å². The number of aromatic nitrogens is 2. The standard InChI is InChI=1S/C24H23F2N3O7S2/c1-5-29-24(36-38(33,34)15-8-9-17(25)18(26)10-15)16(12-27-29)22(30)20-11-19(28-35-4)21-13(2)6-7-14(3)23(21)37(20,31)32/h6-10,12,20H,5,11H2,1-4H3/b28-19+. The zero-order chi connectivity index (χ0) is 28.0. The Hall–Kier alpha value is -3.65. The molecule has 1 aliphatic rings. The Morgan fingerprint density at radius 1 is 1.16 bits per heavy atom. The Bertz CT molecular complexity index is 1700. The molecule has 0 saturated carbocycles. The van der Waals surface area contributed by atoms with E-state index in [9.17, 15) is 30.4 Å². The number of benzene rings is 2. The van der Waals surface area contributed by atoms with Crippen LogP contribution >= 0.6 is 0 Å². The van der Waals surface area contributed by atoms with Crippen LogP contribution in [0.2, 0.25) is 0 Å². The molecule has 2 aromatic carbocycles. The number of Topliss-reactive ketones (excluding diaryl/α,β-unsaturated/α-hetero) is 1. The normalized spacial score (nSPS) is 17.7. The van der Waals surface area contributed by atoms with Crippen molar-refractivity contribution >= 4 is 31.5 Å². The van der Waals surface area contributed by atoms with Gasteiger partial charge in [0.25, 0.3) is 0 Å². The third-order valence-electron chi connectivity index (χ3n) is 6.11. The number of carbonyl (C=O) groups excluding carboxylic acids is 1. The number of oxime groups is 1. The number of hydrogen-bond acceptors (Lipinski definition) is 9. The lowest BCUT2D eigenvalue weighted by molar-refractivity contribution is 0.0985. The summed E-state index contributed by atoms with van der Waals surface area (Å²) in [6.45, 7) is 4.93. The number of aryl methyl sites for hydroxylation is 3. The summed E-state index contributed by atoms with van der Waals surface area (Å²) >= 11 is 0. The smallest absolute Gasteiger partial charge is 0.340 e. The molecule has 0 fully saturated rings. The van der Waals surface area contributed by atoms with Crippen LogP contribution in [0.4, 0.5) is 8.78 Å². The summed E-state index contributed by atoms with van der Waals surface area (Å²) in [7, 11) is -7.75. The number of ketones is 1. The Kier molecular flexibility index (Phi) is 7.14. The Balaban J connectivity index is 1.82. The molecule has 0 aliphatic carbocycles. The molecule has 4 rings (SSSR count). The molecule has 38 heavy (non-hydrogen) atoms. The van der Waals surface area contributed by atoms with Crippen LogP contribution in [0, 0.1) is 25.5 Å². The highest BCUT2D eigenvalue weighted by Crippen LogP contribution is 2.37. The minimum Gasteiger partial charge on any atom is -0.399 e. The van der Waals surface area contributed by atoms with E-state index in [1.54, 1.807) is 32.9 Å². The number of sulfone groups is 1. The molecule has 0 spiro atoms. The maximum atomic E-state index is 13.7. The van der Waals surface area contributed by atoms with E-state index >= 15 is 0 Å². The molecule has 10 nitrogen and oxygen atoms in total. The fourth-order valence-corrected chi connectivity index (χ4v) is 7.39. The van der Waals surface area contributed by atoms with Gasteiger partial charge in [0.05, 0.1) is 16.8 Å². The number of hydrogen-bond donors (Lipinski definition) is 0. The molecule has 0 N–H and O–H groups in total. The number of nitrogens with zero attached hydrogens (tertiary/aromatic N) is 3. The molecule has 1 aliphatic heterocycles. The van der Waals surface area contributed by atoms with Gasteiger partial charge in [-0.15, -0.1) is 0 Å². The van der Waals surface area contributed by atoms with Crippen molar-refractivity contribution in [3.63, 3.8) is 0 Å². The summed E-state index contributed by atoms with van der Waals surface area (Å²) in [6.07, 6.45) is 0.655. The van der Waals surface area contributed by atoms with Crippen molar-refractivity contribution in [2.24, 2.45) is 5.16 Å². The van der Waals surface area contributed by atoms with Crippen molar-refractivity contribution in [1.82, 2.24) is 9.78 Å². The summed E-state index contributed by atoms with van der Waals surface area (Å²) in [4.78, 5) is 17.9.